The van der Waals surface area contributed by atoms with Gasteiger partial charge in [-0.05, 0) is 67.2 Å². The summed E-state index contributed by atoms with van der Waals surface area (Å²) in [5.74, 6) is 1.16. The van der Waals surface area contributed by atoms with Crippen molar-refractivity contribution in [1.29, 1.82) is 0 Å². The van der Waals surface area contributed by atoms with Gasteiger partial charge in [-0.2, -0.15) is 11.2 Å². The standard InChI is InChI=1S/C36H25N5O.Pt/c1-22-18-23(2)34(24(3)19-22)32-15-17-40(39-32)25-8-6-9-26(20-25)42-27-13-14-28-29-10-7-16-37-35(29)41-33-12-5-4-11-31(33)38-36(41)30(28)21-27;/h4-19H,1-3H3;/q-2;+2. The van der Waals surface area contributed by atoms with Crippen molar-refractivity contribution in [1.82, 2.24) is 24.1 Å². The number of ether oxygens (including phenoxy) is 1. The first-order chi connectivity index (χ1) is 20.5. The van der Waals surface area contributed by atoms with Crippen LogP contribution in [-0.2, 0) is 21.1 Å². The Morgan fingerprint density at radius 3 is 2.42 bits per heavy atom. The molecule has 0 amide bonds. The van der Waals surface area contributed by atoms with E-state index in [0.717, 1.165) is 49.9 Å². The number of pyridine rings is 2. The van der Waals surface area contributed by atoms with Crippen LogP contribution in [-0.4, -0.2) is 24.1 Å². The van der Waals surface area contributed by atoms with Gasteiger partial charge >= 0.3 is 21.1 Å². The first-order valence-corrected chi connectivity index (χ1v) is 13.9. The molecule has 0 aliphatic carbocycles. The Hall–Kier alpha value is -4.80. The van der Waals surface area contributed by atoms with E-state index in [-0.39, 0.29) is 21.1 Å². The van der Waals surface area contributed by atoms with E-state index in [9.17, 15) is 0 Å². The molecule has 8 rings (SSSR count). The number of hydrogen-bond acceptors (Lipinski definition) is 4. The molecule has 4 heterocycles. The van der Waals surface area contributed by atoms with Crippen LogP contribution in [0.25, 0.3) is 55.4 Å². The van der Waals surface area contributed by atoms with Gasteiger partial charge in [0.2, 0.25) is 0 Å². The van der Waals surface area contributed by atoms with Crippen LogP contribution in [0, 0.1) is 32.9 Å². The Balaban J connectivity index is 0.00000300. The Bertz CT molecular complexity index is 2310. The van der Waals surface area contributed by atoms with Crippen LogP contribution in [0.3, 0.4) is 0 Å². The van der Waals surface area contributed by atoms with Crippen molar-refractivity contribution in [3.8, 4) is 28.4 Å². The number of imidazole rings is 1. The minimum absolute atomic E-state index is 0. The second-order valence-corrected chi connectivity index (χ2v) is 10.7. The Kier molecular flexibility index (Phi) is 6.59. The van der Waals surface area contributed by atoms with Gasteiger partial charge in [-0.25, -0.2) is 4.98 Å². The van der Waals surface area contributed by atoms with Crippen molar-refractivity contribution in [3.63, 3.8) is 0 Å². The number of hydrogen-bond donors (Lipinski definition) is 0. The maximum atomic E-state index is 6.32. The third kappa shape index (κ3) is 4.50. The Morgan fingerprint density at radius 1 is 0.744 bits per heavy atom. The van der Waals surface area contributed by atoms with Crippen molar-refractivity contribution >= 4 is 38.5 Å². The second kappa shape index (κ2) is 10.5. The molecule has 0 bridgehead atoms. The molecule has 0 saturated heterocycles. The number of para-hydroxylation sites is 2. The summed E-state index contributed by atoms with van der Waals surface area (Å²) in [6, 6.07) is 35.3. The van der Waals surface area contributed by atoms with Crippen LogP contribution >= 0.6 is 0 Å². The molecule has 4 aromatic carbocycles. The Labute approximate surface area is 262 Å². The van der Waals surface area contributed by atoms with Crippen LogP contribution < -0.4 is 4.74 Å². The monoisotopic (exact) mass is 738 g/mol. The zero-order valence-electron chi connectivity index (χ0n) is 23.7. The molecule has 4 aromatic heterocycles. The minimum Gasteiger partial charge on any atom is -0.503 e. The molecule has 0 N–H and O–H groups in total. The molecule has 0 fully saturated rings. The van der Waals surface area contributed by atoms with Gasteiger partial charge in [0.25, 0.3) is 0 Å². The molecule has 0 unspecified atom stereocenters. The maximum Gasteiger partial charge on any atom is 2.00 e. The smallest absolute Gasteiger partial charge is 0.503 e. The third-order valence-electron chi connectivity index (χ3n) is 7.73. The summed E-state index contributed by atoms with van der Waals surface area (Å²) in [6.45, 7) is 6.39. The molecule has 43 heavy (non-hydrogen) atoms. The summed E-state index contributed by atoms with van der Waals surface area (Å²) in [4.78, 5) is 9.67. The largest absolute Gasteiger partial charge is 2.00 e. The summed E-state index contributed by atoms with van der Waals surface area (Å²) >= 11 is 0. The minimum atomic E-state index is 0. The number of nitrogens with zero attached hydrogens (tertiary/aromatic N) is 5. The van der Waals surface area contributed by atoms with Crippen molar-refractivity contribution in [3.05, 3.63) is 126 Å². The molecule has 7 heteroatoms. The van der Waals surface area contributed by atoms with Crippen LogP contribution in [0.1, 0.15) is 16.7 Å². The van der Waals surface area contributed by atoms with E-state index in [2.05, 4.69) is 67.6 Å². The number of rotatable bonds is 4. The topological polar surface area (TPSA) is 57.2 Å². The quantitative estimate of drug-likeness (QED) is 0.135. The van der Waals surface area contributed by atoms with Crippen LogP contribution in [0.2, 0.25) is 0 Å². The zero-order valence-corrected chi connectivity index (χ0v) is 26.0. The molecular weight excluding hydrogens is 714 g/mol. The number of aryl methyl sites for hydroxylation is 3. The van der Waals surface area contributed by atoms with E-state index in [4.69, 9.17) is 19.8 Å². The van der Waals surface area contributed by atoms with Gasteiger partial charge in [-0.1, -0.05) is 52.7 Å². The van der Waals surface area contributed by atoms with Crippen LogP contribution in [0.4, 0.5) is 0 Å². The predicted octanol–water partition coefficient (Wildman–Crippen LogP) is 8.36. The van der Waals surface area contributed by atoms with Crippen LogP contribution in [0.5, 0.6) is 11.5 Å². The summed E-state index contributed by atoms with van der Waals surface area (Å²) in [5, 5.41) is 7.82. The fourth-order valence-corrected chi connectivity index (χ4v) is 6.05. The molecule has 210 valence electrons. The van der Waals surface area contributed by atoms with Gasteiger partial charge < -0.3 is 9.14 Å². The van der Waals surface area contributed by atoms with Crippen molar-refractivity contribution in [2.45, 2.75) is 20.8 Å². The van der Waals surface area contributed by atoms with Gasteiger partial charge in [0, 0.05) is 29.5 Å². The van der Waals surface area contributed by atoms with E-state index in [1.165, 1.54) is 22.3 Å². The summed E-state index contributed by atoms with van der Waals surface area (Å²) < 4.78 is 10.3. The normalized spacial score (nSPS) is 11.4. The molecule has 0 aliphatic heterocycles. The number of benzene rings is 4. The predicted molar refractivity (Wildman–Crippen MR) is 166 cm³/mol. The van der Waals surface area contributed by atoms with Crippen molar-refractivity contribution in [2.75, 3.05) is 0 Å². The van der Waals surface area contributed by atoms with Crippen molar-refractivity contribution in [2.24, 2.45) is 0 Å². The van der Waals surface area contributed by atoms with Gasteiger partial charge in [-0.3, -0.25) is 9.67 Å². The summed E-state index contributed by atoms with van der Waals surface area (Å²) in [6.07, 6.45) is 3.78. The first-order valence-electron chi connectivity index (χ1n) is 13.9. The maximum absolute atomic E-state index is 6.32. The summed E-state index contributed by atoms with van der Waals surface area (Å²) in [7, 11) is 0. The van der Waals surface area contributed by atoms with E-state index in [1.54, 1.807) is 0 Å². The van der Waals surface area contributed by atoms with E-state index >= 15 is 0 Å². The van der Waals surface area contributed by atoms with Crippen LogP contribution in [0.15, 0.2) is 97.3 Å². The third-order valence-corrected chi connectivity index (χ3v) is 7.73. The van der Waals surface area contributed by atoms with E-state index in [0.29, 0.717) is 11.5 Å². The summed E-state index contributed by atoms with van der Waals surface area (Å²) in [5.41, 5.74) is 10.2. The Morgan fingerprint density at radius 2 is 1.56 bits per heavy atom. The number of fused-ring (bicyclic) bond motifs is 8. The SMILES string of the molecule is Cc1cc(C)c(-c2ccn(-c3[c-]c(Oc4[c-]c5c(cc4)c4cccnc4n4c6ccccc6nc54)ccc3)n2)c(C)c1.[Pt+2]. The fraction of sp³-hybridized carbons (Fsp3) is 0.0833. The van der Waals surface area contributed by atoms with Gasteiger partial charge in [0.15, 0.2) is 0 Å². The molecule has 0 radical (unpaired) electrons. The molecule has 6 nitrogen and oxygen atoms in total. The molecule has 0 aliphatic rings. The molecule has 0 saturated carbocycles. The van der Waals surface area contributed by atoms with Gasteiger partial charge in [-0.15, -0.1) is 30.3 Å². The van der Waals surface area contributed by atoms with Gasteiger partial charge in [0.1, 0.15) is 5.65 Å². The van der Waals surface area contributed by atoms with Crippen molar-refractivity contribution < 1.29 is 25.8 Å². The fourth-order valence-electron chi connectivity index (χ4n) is 6.05. The second-order valence-electron chi connectivity index (χ2n) is 10.7. The van der Waals surface area contributed by atoms with E-state index in [1.807, 2.05) is 71.7 Å². The zero-order chi connectivity index (χ0) is 28.4. The molecular formula is C36H25N5OPt. The average Bonchev–Trinajstić information content (AvgIpc) is 3.63. The van der Waals surface area contributed by atoms with Gasteiger partial charge in [0.05, 0.1) is 22.4 Å². The molecule has 0 spiro atoms. The molecule has 8 aromatic rings. The number of aromatic nitrogens is 5. The average molecular weight is 739 g/mol. The van der Waals surface area contributed by atoms with E-state index < -0.39 is 0 Å². The first kappa shape index (κ1) is 27.1. The molecule has 0 atom stereocenters.